The molecule has 0 aromatic carbocycles. The fourth-order valence-electron chi connectivity index (χ4n) is 1.90. The zero-order valence-electron chi connectivity index (χ0n) is 9.23. The van der Waals surface area contributed by atoms with Crippen LogP contribution in [0, 0.1) is 6.92 Å². The molecule has 0 radical (unpaired) electrons. The van der Waals surface area contributed by atoms with E-state index in [2.05, 4.69) is 9.97 Å². The Balaban J connectivity index is 2.44. The van der Waals surface area contributed by atoms with E-state index in [4.69, 9.17) is 5.73 Å². The van der Waals surface area contributed by atoms with Crippen molar-refractivity contribution in [2.24, 2.45) is 5.73 Å². The number of aryl methyl sites for hydroxylation is 2. The van der Waals surface area contributed by atoms with E-state index >= 15 is 0 Å². The van der Waals surface area contributed by atoms with E-state index in [0.717, 1.165) is 22.8 Å². The normalized spacial score (nSPS) is 18.1. The predicted octanol–water partition coefficient (Wildman–Crippen LogP) is -0.243. The standard InChI is InChI=1S/C10H15N3O2S/c1-7-8-6-16(14,15)5-3-9(8)13-10(12-7)2-4-11/h2-6,11H2,1H3. The third-order valence-electron chi connectivity index (χ3n) is 2.73. The molecular formula is C10H15N3O2S. The van der Waals surface area contributed by atoms with Crippen LogP contribution in [0.25, 0.3) is 0 Å². The summed E-state index contributed by atoms with van der Waals surface area (Å²) in [5.74, 6) is 0.994. The first-order chi connectivity index (χ1) is 7.52. The van der Waals surface area contributed by atoms with Crippen LogP contribution in [-0.2, 0) is 28.4 Å². The monoisotopic (exact) mass is 241 g/mol. The van der Waals surface area contributed by atoms with Crippen LogP contribution in [0.3, 0.4) is 0 Å². The average Bonchev–Trinajstić information content (AvgIpc) is 2.19. The number of aromatic nitrogens is 2. The minimum atomic E-state index is -2.95. The van der Waals surface area contributed by atoms with Crippen LogP contribution in [0.4, 0.5) is 0 Å². The summed E-state index contributed by atoms with van der Waals surface area (Å²) in [6, 6.07) is 0. The van der Waals surface area contributed by atoms with Crippen molar-refractivity contribution in [3.63, 3.8) is 0 Å². The molecule has 0 amide bonds. The highest BCUT2D eigenvalue weighted by Gasteiger charge is 2.24. The van der Waals surface area contributed by atoms with Crippen molar-refractivity contribution in [1.82, 2.24) is 9.97 Å². The second-order valence-corrected chi connectivity index (χ2v) is 6.22. The van der Waals surface area contributed by atoms with Crippen molar-refractivity contribution >= 4 is 9.84 Å². The maximum Gasteiger partial charge on any atom is 0.154 e. The minimum absolute atomic E-state index is 0.0804. The maximum atomic E-state index is 11.5. The smallest absolute Gasteiger partial charge is 0.154 e. The van der Waals surface area contributed by atoms with Gasteiger partial charge in [-0.15, -0.1) is 0 Å². The van der Waals surface area contributed by atoms with Gasteiger partial charge in [0.1, 0.15) is 5.82 Å². The number of hydrogen-bond donors (Lipinski definition) is 1. The van der Waals surface area contributed by atoms with E-state index in [0.29, 0.717) is 19.4 Å². The number of nitrogens with zero attached hydrogens (tertiary/aromatic N) is 2. The second-order valence-electron chi connectivity index (χ2n) is 4.03. The zero-order chi connectivity index (χ0) is 11.8. The average molecular weight is 241 g/mol. The summed E-state index contributed by atoms with van der Waals surface area (Å²) in [5.41, 5.74) is 7.89. The van der Waals surface area contributed by atoms with Crippen LogP contribution in [-0.4, -0.2) is 30.7 Å². The van der Waals surface area contributed by atoms with Crippen LogP contribution in [0.15, 0.2) is 0 Å². The van der Waals surface area contributed by atoms with Gasteiger partial charge in [0.05, 0.1) is 11.5 Å². The quantitative estimate of drug-likeness (QED) is 0.772. The Morgan fingerprint density at radius 2 is 2.12 bits per heavy atom. The van der Waals surface area contributed by atoms with E-state index in [1.54, 1.807) is 0 Å². The summed E-state index contributed by atoms with van der Waals surface area (Å²) in [4.78, 5) is 8.66. The van der Waals surface area contributed by atoms with Gasteiger partial charge < -0.3 is 5.73 Å². The molecule has 0 aliphatic carbocycles. The zero-order valence-corrected chi connectivity index (χ0v) is 10.0. The van der Waals surface area contributed by atoms with Crippen molar-refractivity contribution in [2.45, 2.75) is 25.5 Å². The molecule has 2 heterocycles. The molecule has 1 aromatic heterocycles. The Kier molecular flexibility index (Phi) is 2.94. The van der Waals surface area contributed by atoms with Gasteiger partial charge in [0, 0.05) is 29.8 Å². The van der Waals surface area contributed by atoms with E-state index < -0.39 is 9.84 Å². The number of fused-ring (bicyclic) bond motifs is 1. The molecule has 1 aliphatic heterocycles. The van der Waals surface area contributed by atoms with Crippen molar-refractivity contribution in [3.8, 4) is 0 Å². The van der Waals surface area contributed by atoms with Crippen LogP contribution in [0.2, 0.25) is 0 Å². The fourth-order valence-corrected chi connectivity index (χ4v) is 3.36. The lowest BCUT2D eigenvalue weighted by molar-refractivity contribution is 0.589. The summed E-state index contributed by atoms with van der Waals surface area (Å²) in [6.45, 7) is 2.35. The lowest BCUT2D eigenvalue weighted by atomic mass is 10.1. The van der Waals surface area contributed by atoms with Gasteiger partial charge in [-0.1, -0.05) is 0 Å². The molecule has 6 heteroatoms. The summed E-state index contributed by atoms with van der Waals surface area (Å²) in [5, 5.41) is 0. The molecule has 2 N–H and O–H groups in total. The van der Waals surface area contributed by atoms with Gasteiger partial charge in [0.25, 0.3) is 0 Å². The SMILES string of the molecule is Cc1nc(CCN)nc2c1CS(=O)(=O)CC2. The molecule has 0 saturated carbocycles. The van der Waals surface area contributed by atoms with Gasteiger partial charge in [-0.2, -0.15) is 0 Å². The van der Waals surface area contributed by atoms with E-state index in [1.807, 2.05) is 6.92 Å². The van der Waals surface area contributed by atoms with Crippen molar-refractivity contribution in [3.05, 3.63) is 22.8 Å². The predicted molar refractivity (Wildman–Crippen MR) is 60.7 cm³/mol. The van der Waals surface area contributed by atoms with Gasteiger partial charge in [0.2, 0.25) is 0 Å². The Morgan fingerprint density at radius 3 is 2.81 bits per heavy atom. The minimum Gasteiger partial charge on any atom is -0.330 e. The molecular weight excluding hydrogens is 226 g/mol. The Bertz CT molecular complexity index is 511. The van der Waals surface area contributed by atoms with Crippen LogP contribution in [0.5, 0.6) is 0 Å². The van der Waals surface area contributed by atoms with E-state index in [1.165, 1.54) is 0 Å². The third-order valence-corrected chi connectivity index (χ3v) is 4.28. The van der Waals surface area contributed by atoms with E-state index in [-0.39, 0.29) is 11.5 Å². The number of hydrogen-bond acceptors (Lipinski definition) is 5. The molecule has 0 spiro atoms. The van der Waals surface area contributed by atoms with Gasteiger partial charge in [-0.05, 0) is 13.5 Å². The lowest BCUT2D eigenvalue weighted by Crippen LogP contribution is -2.23. The van der Waals surface area contributed by atoms with Gasteiger partial charge in [0.15, 0.2) is 9.84 Å². The molecule has 1 aliphatic rings. The first-order valence-corrected chi connectivity index (χ1v) is 7.10. The molecule has 16 heavy (non-hydrogen) atoms. The van der Waals surface area contributed by atoms with Crippen molar-refractivity contribution in [1.29, 1.82) is 0 Å². The van der Waals surface area contributed by atoms with E-state index in [9.17, 15) is 8.42 Å². The van der Waals surface area contributed by atoms with Crippen LogP contribution < -0.4 is 5.73 Å². The molecule has 0 unspecified atom stereocenters. The maximum absolute atomic E-state index is 11.5. The second kappa shape index (κ2) is 4.10. The molecule has 2 rings (SSSR count). The highest BCUT2D eigenvalue weighted by molar-refractivity contribution is 7.90. The van der Waals surface area contributed by atoms with Crippen molar-refractivity contribution in [2.75, 3.05) is 12.3 Å². The van der Waals surface area contributed by atoms with Gasteiger partial charge >= 0.3 is 0 Å². The Labute approximate surface area is 95.0 Å². The number of rotatable bonds is 2. The lowest BCUT2D eigenvalue weighted by Gasteiger charge is -2.17. The summed E-state index contributed by atoms with van der Waals surface area (Å²) in [7, 11) is -2.95. The fraction of sp³-hybridized carbons (Fsp3) is 0.600. The third kappa shape index (κ3) is 2.22. The van der Waals surface area contributed by atoms with Crippen LogP contribution in [0.1, 0.15) is 22.8 Å². The molecule has 5 nitrogen and oxygen atoms in total. The molecule has 0 bridgehead atoms. The summed E-state index contributed by atoms with van der Waals surface area (Å²) < 4.78 is 23.0. The van der Waals surface area contributed by atoms with Gasteiger partial charge in [-0.3, -0.25) is 0 Å². The highest BCUT2D eigenvalue weighted by Crippen LogP contribution is 2.21. The Hall–Kier alpha value is -1.01. The summed E-state index contributed by atoms with van der Waals surface area (Å²) in [6.07, 6.45) is 1.14. The number of sulfone groups is 1. The molecule has 0 saturated heterocycles. The first kappa shape index (κ1) is 11.5. The molecule has 1 aromatic rings. The van der Waals surface area contributed by atoms with Crippen molar-refractivity contribution < 1.29 is 8.42 Å². The topological polar surface area (TPSA) is 85.9 Å². The molecule has 0 atom stereocenters. The van der Waals surface area contributed by atoms with Crippen LogP contribution >= 0.6 is 0 Å². The van der Waals surface area contributed by atoms with Gasteiger partial charge in [-0.25, -0.2) is 18.4 Å². The largest absolute Gasteiger partial charge is 0.330 e. The molecule has 0 fully saturated rings. The number of nitrogens with two attached hydrogens (primary N) is 1. The highest BCUT2D eigenvalue weighted by atomic mass is 32.2. The molecule has 88 valence electrons. The first-order valence-electron chi connectivity index (χ1n) is 5.27. The summed E-state index contributed by atoms with van der Waals surface area (Å²) >= 11 is 0. The Morgan fingerprint density at radius 1 is 1.38 bits per heavy atom.